The highest BCUT2D eigenvalue weighted by Gasteiger charge is 2.45. The summed E-state index contributed by atoms with van der Waals surface area (Å²) in [6, 6.07) is 4.69. The first-order chi connectivity index (χ1) is 8.64. The molecule has 0 atom stereocenters. The van der Waals surface area contributed by atoms with Crippen LogP contribution >= 0.6 is 0 Å². The first-order valence-electron chi connectivity index (χ1n) is 5.51. The Morgan fingerprint density at radius 3 is 2.83 bits per heavy atom. The number of fused-ring (bicyclic) bond motifs is 1. The van der Waals surface area contributed by atoms with E-state index >= 15 is 0 Å². The second kappa shape index (κ2) is 3.79. The fourth-order valence-corrected chi connectivity index (χ4v) is 2.04. The summed E-state index contributed by atoms with van der Waals surface area (Å²) in [6.45, 7) is 0.205. The van der Waals surface area contributed by atoms with Gasteiger partial charge in [-0.2, -0.15) is 0 Å². The van der Waals surface area contributed by atoms with Crippen LogP contribution in [0.15, 0.2) is 27.4 Å². The van der Waals surface area contributed by atoms with Gasteiger partial charge in [-0.3, -0.25) is 9.78 Å². The predicted octanol–water partition coefficient (Wildman–Crippen LogP) is 0.313. The predicted molar refractivity (Wildman–Crippen MR) is 61.5 cm³/mol. The number of ether oxygens (including phenoxy) is 1. The molecule has 0 bridgehead atoms. The SMILES string of the molecule is O=C(c1ccc2oc(=O)[nH]c2c1)C1(CO)COC1. The molecule has 6 nitrogen and oxygen atoms in total. The molecule has 0 radical (unpaired) electrons. The van der Waals surface area contributed by atoms with Crippen LogP contribution in [0.25, 0.3) is 11.1 Å². The third kappa shape index (κ3) is 1.50. The number of aromatic amines is 1. The van der Waals surface area contributed by atoms with Crippen molar-refractivity contribution in [3.8, 4) is 0 Å². The Bertz CT molecular complexity index is 659. The molecule has 2 aromatic rings. The number of oxazole rings is 1. The fourth-order valence-electron chi connectivity index (χ4n) is 2.04. The normalized spacial score (nSPS) is 17.6. The summed E-state index contributed by atoms with van der Waals surface area (Å²) in [5.74, 6) is -0.737. The first-order valence-corrected chi connectivity index (χ1v) is 5.51. The van der Waals surface area contributed by atoms with E-state index in [0.29, 0.717) is 16.7 Å². The zero-order valence-corrected chi connectivity index (χ0v) is 9.43. The van der Waals surface area contributed by atoms with Crippen molar-refractivity contribution >= 4 is 16.9 Å². The minimum absolute atomic E-state index is 0.180. The summed E-state index contributed by atoms with van der Waals surface area (Å²) in [7, 11) is 0. The maximum atomic E-state index is 12.3. The van der Waals surface area contributed by atoms with E-state index in [1.807, 2.05) is 0 Å². The third-order valence-corrected chi connectivity index (χ3v) is 3.22. The van der Waals surface area contributed by atoms with Crippen LogP contribution < -0.4 is 5.76 Å². The number of hydrogen-bond acceptors (Lipinski definition) is 5. The molecule has 18 heavy (non-hydrogen) atoms. The van der Waals surface area contributed by atoms with E-state index in [2.05, 4.69) is 4.98 Å². The van der Waals surface area contributed by atoms with Crippen molar-refractivity contribution < 1.29 is 19.1 Å². The standard InChI is InChI=1S/C12H11NO5/c14-4-12(5-17-6-12)10(15)7-1-2-9-8(3-7)13-11(16)18-9/h1-3,14H,4-6H2,(H,13,16). The number of ketones is 1. The minimum Gasteiger partial charge on any atom is -0.408 e. The average Bonchev–Trinajstić information content (AvgIpc) is 2.67. The van der Waals surface area contributed by atoms with Gasteiger partial charge in [0.2, 0.25) is 0 Å². The van der Waals surface area contributed by atoms with Crippen molar-refractivity contribution in [1.82, 2.24) is 4.98 Å². The van der Waals surface area contributed by atoms with E-state index in [1.54, 1.807) is 18.2 Å². The van der Waals surface area contributed by atoms with Gasteiger partial charge in [-0.15, -0.1) is 0 Å². The molecule has 3 rings (SSSR count). The van der Waals surface area contributed by atoms with Crippen molar-refractivity contribution in [3.63, 3.8) is 0 Å². The van der Waals surface area contributed by atoms with E-state index in [4.69, 9.17) is 9.15 Å². The monoisotopic (exact) mass is 249 g/mol. The summed E-state index contributed by atoms with van der Waals surface area (Å²) < 4.78 is 9.86. The maximum absolute atomic E-state index is 12.3. The van der Waals surface area contributed by atoms with E-state index in [1.165, 1.54) is 0 Å². The topological polar surface area (TPSA) is 92.5 Å². The maximum Gasteiger partial charge on any atom is 0.417 e. The van der Waals surface area contributed by atoms with Crippen LogP contribution in [-0.2, 0) is 4.74 Å². The minimum atomic E-state index is -0.836. The van der Waals surface area contributed by atoms with Gasteiger partial charge in [0.05, 0.1) is 25.3 Å². The number of Topliss-reactive ketones (excluding diaryl/α,β-unsaturated/α-hetero) is 1. The summed E-state index contributed by atoms with van der Waals surface area (Å²) in [4.78, 5) is 25.8. The van der Waals surface area contributed by atoms with Crippen molar-refractivity contribution in [2.24, 2.45) is 5.41 Å². The number of benzene rings is 1. The highest BCUT2D eigenvalue weighted by atomic mass is 16.5. The van der Waals surface area contributed by atoms with Gasteiger partial charge in [0.1, 0.15) is 5.41 Å². The molecule has 2 N–H and O–H groups in total. The fraction of sp³-hybridized carbons (Fsp3) is 0.333. The molecule has 1 aromatic carbocycles. The van der Waals surface area contributed by atoms with Crippen LogP contribution in [-0.4, -0.2) is 35.7 Å². The van der Waals surface area contributed by atoms with Crippen LogP contribution in [0.4, 0.5) is 0 Å². The number of nitrogens with one attached hydrogen (secondary N) is 1. The molecule has 1 aliphatic heterocycles. The molecule has 0 unspecified atom stereocenters. The lowest BCUT2D eigenvalue weighted by atomic mass is 9.79. The molecule has 1 aromatic heterocycles. The number of rotatable bonds is 3. The molecule has 1 fully saturated rings. The number of aliphatic hydroxyl groups is 1. The van der Waals surface area contributed by atoms with Crippen molar-refractivity contribution in [2.45, 2.75) is 0 Å². The van der Waals surface area contributed by atoms with Gasteiger partial charge in [0.25, 0.3) is 0 Å². The highest BCUT2D eigenvalue weighted by molar-refractivity contribution is 6.03. The second-order valence-electron chi connectivity index (χ2n) is 4.49. The number of aromatic nitrogens is 1. The highest BCUT2D eigenvalue weighted by Crippen LogP contribution is 2.31. The zero-order valence-electron chi connectivity index (χ0n) is 9.43. The van der Waals surface area contributed by atoms with Crippen LogP contribution in [0.1, 0.15) is 10.4 Å². The molecule has 2 heterocycles. The second-order valence-corrected chi connectivity index (χ2v) is 4.49. The molecular weight excluding hydrogens is 238 g/mol. The molecule has 0 amide bonds. The average molecular weight is 249 g/mol. The molecular formula is C12H11NO5. The van der Waals surface area contributed by atoms with Crippen molar-refractivity contribution in [1.29, 1.82) is 0 Å². The number of carbonyl (C=O) groups is 1. The van der Waals surface area contributed by atoms with Gasteiger partial charge >= 0.3 is 5.76 Å². The van der Waals surface area contributed by atoms with E-state index in [-0.39, 0.29) is 25.6 Å². The Kier molecular flexibility index (Phi) is 2.36. The van der Waals surface area contributed by atoms with Gasteiger partial charge in [0, 0.05) is 5.56 Å². The molecule has 1 aliphatic rings. The Labute approximate surface area is 101 Å². The molecule has 0 aliphatic carbocycles. The van der Waals surface area contributed by atoms with Crippen LogP contribution in [0.3, 0.4) is 0 Å². The van der Waals surface area contributed by atoms with Gasteiger partial charge in [0.15, 0.2) is 11.4 Å². The van der Waals surface area contributed by atoms with Crippen LogP contribution in [0.2, 0.25) is 0 Å². The lowest BCUT2D eigenvalue weighted by Crippen LogP contribution is -2.51. The van der Waals surface area contributed by atoms with Gasteiger partial charge in [-0.05, 0) is 18.2 Å². The Balaban J connectivity index is 2.03. The Hall–Kier alpha value is -1.92. The quantitative estimate of drug-likeness (QED) is 0.764. The summed E-state index contributed by atoms with van der Waals surface area (Å²) in [6.07, 6.45) is 0. The lowest BCUT2D eigenvalue weighted by molar-refractivity contribution is -0.109. The first kappa shape index (κ1) is 11.2. The zero-order chi connectivity index (χ0) is 12.8. The third-order valence-electron chi connectivity index (χ3n) is 3.22. The summed E-state index contributed by atoms with van der Waals surface area (Å²) in [5.41, 5.74) is 0.466. The largest absolute Gasteiger partial charge is 0.417 e. The van der Waals surface area contributed by atoms with E-state index in [0.717, 1.165) is 0 Å². The smallest absolute Gasteiger partial charge is 0.408 e. The molecule has 0 spiro atoms. The molecule has 1 saturated heterocycles. The van der Waals surface area contributed by atoms with Gasteiger partial charge < -0.3 is 14.3 Å². The Morgan fingerprint density at radius 2 is 2.22 bits per heavy atom. The number of H-pyrrole nitrogens is 1. The molecule has 0 saturated carbocycles. The van der Waals surface area contributed by atoms with Gasteiger partial charge in [-0.1, -0.05) is 0 Å². The molecule has 6 heteroatoms. The number of aliphatic hydroxyl groups excluding tert-OH is 1. The van der Waals surface area contributed by atoms with E-state index < -0.39 is 11.2 Å². The Morgan fingerprint density at radius 1 is 1.44 bits per heavy atom. The van der Waals surface area contributed by atoms with Crippen LogP contribution in [0, 0.1) is 5.41 Å². The van der Waals surface area contributed by atoms with Crippen molar-refractivity contribution in [2.75, 3.05) is 19.8 Å². The summed E-state index contributed by atoms with van der Waals surface area (Å²) >= 11 is 0. The van der Waals surface area contributed by atoms with Crippen LogP contribution in [0.5, 0.6) is 0 Å². The number of hydrogen-bond donors (Lipinski definition) is 2. The van der Waals surface area contributed by atoms with Crippen molar-refractivity contribution in [3.05, 3.63) is 34.3 Å². The lowest BCUT2D eigenvalue weighted by Gasteiger charge is -2.38. The van der Waals surface area contributed by atoms with E-state index in [9.17, 15) is 14.7 Å². The number of carbonyl (C=O) groups excluding carboxylic acids is 1. The molecule has 94 valence electrons. The summed E-state index contributed by atoms with van der Waals surface area (Å²) in [5, 5.41) is 9.31. The van der Waals surface area contributed by atoms with Gasteiger partial charge in [-0.25, -0.2) is 4.79 Å².